The molecule has 1 aromatic carbocycles. The summed E-state index contributed by atoms with van der Waals surface area (Å²) in [5.41, 5.74) is 3.90. The van der Waals surface area contributed by atoms with Crippen LogP contribution in [-0.2, 0) is 11.2 Å². The Balaban J connectivity index is 2.63. The summed E-state index contributed by atoms with van der Waals surface area (Å²) in [4.78, 5) is 0. The maximum Gasteiger partial charge on any atom is 0.160 e. The Morgan fingerprint density at radius 2 is 1.95 bits per heavy atom. The first-order chi connectivity index (χ1) is 9.24. The van der Waals surface area contributed by atoms with Gasteiger partial charge >= 0.3 is 0 Å². The lowest BCUT2D eigenvalue weighted by Gasteiger charge is -2.17. The maximum atomic E-state index is 5.54. The number of nitrogens with two attached hydrogens (primary N) is 1. The van der Waals surface area contributed by atoms with Gasteiger partial charge in [0.2, 0.25) is 0 Å². The maximum absolute atomic E-state index is 5.54. The Bertz CT molecular complexity index is 372. The summed E-state index contributed by atoms with van der Waals surface area (Å²) >= 11 is 0. The van der Waals surface area contributed by atoms with Crippen LogP contribution < -0.4 is 20.7 Å². The Labute approximate surface area is 115 Å². The number of rotatable bonds is 9. The molecule has 5 heteroatoms. The van der Waals surface area contributed by atoms with Crippen molar-refractivity contribution in [3.8, 4) is 11.5 Å². The molecule has 0 spiro atoms. The first-order valence-electron chi connectivity index (χ1n) is 6.49. The Kier molecular flexibility index (Phi) is 7.25. The molecule has 3 N–H and O–H groups in total. The molecule has 0 saturated carbocycles. The summed E-state index contributed by atoms with van der Waals surface area (Å²) in [6.07, 6.45) is 1.79. The molecule has 0 radical (unpaired) electrons. The highest BCUT2D eigenvalue weighted by Crippen LogP contribution is 2.27. The predicted octanol–water partition coefficient (Wildman–Crippen LogP) is 1.50. The molecule has 0 aromatic heterocycles. The van der Waals surface area contributed by atoms with Crippen molar-refractivity contribution in [1.29, 1.82) is 0 Å². The van der Waals surface area contributed by atoms with E-state index in [2.05, 4.69) is 12.3 Å². The number of benzene rings is 1. The standard InChI is InChI=1S/C14H24N2O3/c1-4-7-19-10-12(16-15)8-11-5-6-13(17-2)14(9-11)18-3/h5-6,9,12,16H,4,7-8,10,15H2,1-3H3. The molecule has 0 fully saturated rings. The fraction of sp³-hybridized carbons (Fsp3) is 0.571. The van der Waals surface area contributed by atoms with E-state index in [9.17, 15) is 0 Å². The second-order valence-electron chi connectivity index (χ2n) is 4.33. The molecule has 1 rings (SSSR count). The van der Waals surface area contributed by atoms with Crippen LogP contribution in [0.5, 0.6) is 11.5 Å². The van der Waals surface area contributed by atoms with Gasteiger partial charge in [-0.25, -0.2) is 0 Å². The van der Waals surface area contributed by atoms with Crippen LogP contribution in [0, 0.1) is 0 Å². The van der Waals surface area contributed by atoms with E-state index in [0.717, 1.165) is 36.5 Å². The second kappa shape index (κ2) is 8.74. The number of nitrogens with one attached hydrogen (secondary N) is 1. The van der Waals surface area contributed by atoms with E-state index in [-0.39, 0.29) is 6.04 Å². The topological polar surface area (TPSA) is 65.7 Å². The molecule has 108 valence electrons. The fourth-order valence-electron chi connectivity index (χ4n) is 1.83. The number of ether oxygens (including phenoxy) is 3. The molecule has 5 nitrogen and oxygen atoms in total. The molecule has 0 heterocycles. The monoisotopic (exact) mass is 268 g/mol. The van der Waals surface area contributed by atoms with E-state index in [1.165, 1.54) is 0 Å². The van der Waals surface area contributed by atoms with Gasteiger partial charge in [0.25, 0.3) is 0 Å². The van der Waals surface area contributed by atoms with Gasteiger partial charge in [0.1, 0.15) is 0 Å². The Morgan fingerprint density at radius 3 is 2.53 bits per heavy atom. The summed E-state index contributed by atoms with van der Waals surface area (Å²) < 4.78 is 16.0. The Hall–Kier alpha value is -1.30. The van der Waals surface area contributed by atoms with Crippen molar-refractivity contribution in [3.63, 3.8) is 0 Å². The van der Waals surface area contributed by atoms with E-state index in [4.69, 9.17) is 20.1 Å². The molecular formula is C14H24N2O3. The van der Waals surface area contributed by atoms with Crippen LogP contribution in [-0.4, -0.2) is 33.5 Å². The van der Waals surface area contributed by atoms with Crippen molar-refractivity contribution < 1.29 is 14.2 Å². The van der Waals surface area contributed by atoms with E-state index in [1.54, 1.807) is 14.2 Å². The Morgan fingerprint density at radius 1 is 1.21 bits per heavy atom. The van der Waals surface area contributed by atoms with Crippen molar-refractivity contribution in [2.45, 2.75) is 25.8 Å². The van der Waals surface area contributed by atoms with E-state index >= 15 is 0 Å². The minimum Gasteiger partial charge on any atom is -0.493 e. The van der Waals surface area contributed by atoms with Gasteiger partial charge in [0.05, 0.1) is 20.8 Å². The number of hydrogen-bond acceptors (Lipinski definition) is 5. The van der Waals surface area contributed by atoms with E-state index in [1.807, 2.05) is 18.2 Å². The normalized spacial score (nSPS) is 12.2. The molecule has 1 unspecified atom stereocenters. The van der Waals surface area contributed by atoms with Gasteiger partial charge in [-0.1, -0.05) is 13.0 Å². The largest absolute Gasteiger partial charge is 0.493 e. The van der Waals surface area contributed by atoms with Gasteiger partial charge in [-0.3, -0.25) is 11.3 Å². The van der Waals surface area contributed by atoms with Crippen LogP contribution in [0.4, 0.5) is 0 Å². The van der Waals surface area contributed by atoms with Crippen molar-refractivity contribution in [2.75, 3.05) is 27.4 Å². The molecule has 0 amide bonds. The molecule has 0 aliphatic rings. The molecule has 19 heavy (non-hydrogen) atoms. The highest BCUT2D eigenvalue weighted by molar-refractivity contribution is 5.43. The third kappa shape index (κ3) is 5.06. The quantitative estimate of drug-likeness (QED) is 0.404. The van der Waals surface area contributed by atoms with Crippen molar-refractivity contribution in [3.05, 3.63) is 23.8 Å². The van der Waals surface area contributed by atoms with Gasteiger partial charge < -0.3 is 14.2 Å². The summed E-state index contributed by atoms with van der Waals surface area (Å²) in [5, 5.41) is 0. The highest BCUT2D eigenvalue weighted by atomic mass is 16.5. The lowest BCUT2D eigenvalue weighted by molar-refractivity contribution is 0.112. The minimum absolute atomic E-state index is 0.0876. The smallest absolute Gasteiger partial charge is 0.160 e. The predicted molar refractivity (Wildman–Crippen MR) is 75.5 cm³/mol. The third-order valence-corrected chi connectivity index (χ3v) is 2.83. The van der Waals surface area contributed by atoms with Crippen molar-refractivity contribution >= 4 is 0 Å². The van der Waals surface area contributed by atoms with Gasteiger partial charge in [0, 0.05) is 12.6 Å². The van der Waals surface area contributed by atoms with Crippen molar-refractivity contribution in [2.24, 2.45) is 5.84 Å². The average molecular weight is 268 g/mol. The second-order valence-corrected chi connectivity index (χ2v) is 4.33. The first kappa shape index (κ1) is 15.8. The summed E-state index contributed by atoms with van der Waals surface area (Å²) in [5.74, 6) is 7.00. The fourth-order valence-corrected chi connectivity index (χ4v) is 1.83. The molecule has 1 atom stereocenters. The number of methoxy groups -OCH3 is 2. The van der Waals surface area contributed by atoms with Crippen LogP contribution in [0.15, 0.2) is 18.2 Å². The summed E-state index contributed by atoms with van der Waals surface area (Å²) in [6, 6.07) is 5.95. The van der Waals surface area contributed by atoms with Gasteiger partial charge in [0.15, 0.2) is 11.5 Å². The molecule has 1 aromatic rings. The number of hydrazine groups is 1. The minimum atomic E-state index is 0.0876. The van der Waals surface area contributed by atoms with Gasteiger partial charge in [-0.15, -0.1) is 0 Å². The summed E-state index contributed by atoms with van der Waals surface area (Å²) in [6.45, 7) is 3.43. The zero-order chi connectivity index (χ0) is 14.1. The zero-order valence-electron chi connectivity index (χ0n) is 11.9. The molecule has 0 aliphatic carbocycles. The van der Waals surface area contributed by atoms with Crippen molar-refractivity contribution in [1.82, 2.24) is 5.43 Å². The van der Waals surface area contributed by atoms with Crippen LogP contribution in [0.3, 0.4) is 0 Å². The SMILES string of the molecule is CCCOCC(Cc1ccc(OC)c(OC)c1)NN. The van der Waals surface area contributed by atoms with Gasteiger partial charge in [-0.2, -0.15) is 0 Å². The average Bonchev–Trinajstić information content (AvgIpc) is 2.46. The first-order valence-corrected chi connectivity index (χ1v) is 6.49. The lowest BCUT2D eigenvalue weighted by Crippen LogP contribution is -2.40. The van der Waals surface area contributed by atoms with Crippen LogP contribution in [0.25, 0.3) is 0 Å². The third-order valence-electron chi connectivity index (χ3n) is 2.83. The molecular weight excluding hydrogens is 244 g/mol. The van der Waals surface area contributed by atoms with Crippen LogP contribution in [0.2, 0.25) is 0 Å². The zero-order valence-corrected chi connectivity index (χ0v) is 11.9. The molecule has 0 aliphatic heterocycles. The summed E-state index contributed by atoms with van der Waals surface area (Å²) in [7, 11) is 3.25. The van der Waals surface area contributed by atoms with E-state index < -0.39 is 0 Å². The number of hydrogen-bond donors (Lipinski definition) is 2. The molecule has 0 bridgehead atoms. The van der Waals surface area contributed by atoms with Gasteiger partial charge in [-0.05, 0) is 30.5 Å². The molecule has 0 saturated heterocycles. The highest BCUT2D eigenvalue weighted by Gasteiger charge is 2.10. The van der Waals surface area contributed by atoms with Crippen LogP contribution in [0.1, 0.15) is 18.9 Å². The van der Waals surface area contributed by atoms with Crippen LogP contribution >= 0.6 is 0 Å². The van der Waals surface area contributed by atoms with E-state index in [0.29, 0.717) is 6.61 Å². The lowest BCUT2D eigenvalue weighted by atomic mass is 10.1.